The quantitative estimate of drug-likeness (QED) is 0.565. The summed E-state index contributed by atoms with van der Waals surface area (Å²) in [7, 11) is 0. The number of rotatable bonds is 6. The van der Waals surface area contributed by atoms with E-state index in [4.69, 9.17) is 4.74 Å². The van der Waals surface area contributed by atoms with E-state index >= 15 is 0 Å². The molecule has 0 amide bonds. The van der Waals surface area contributed by atoms with Crippen LogP contribution in [0.1, 0.15) is 22.3 Å². The van der Waals surface area contributed by atoms with Crippen LogP contribution in [0, 0.1) is 0 Å². The van der Waals surface area contributed by atoms with Gasteiger partial charge in [-0.1, -0.05) is 24.3 Å². The molecule has 0 aromatic heterocycles. The van der Waals surface area contributed by atoms with Gasteiger partial charge in [-0.3, -0.25) is 9.80 Å². The van der Waals surface area contributed by atoms with Crippen molar-refractivity contribution in [3.63, 3.8) is 0 Å². The van der Waals surface area contributed by atoms with Crippen LogP contribution in [0.25, 0.3) is 12.2 Å². The Morgan fingerprint density at radius 1 is 0.767 bits per heavy atom. The summed E-state index contributed by atoms with van der Waals surface area (Å²) >= 11 is 0. The minimum absolute atomic E-state index is 0.332. The zero-order valence-corrected chi connectivity index (χ0v) is 17.3. The summed E-state index contributed by atoms with van der Waals surface area (Å²) in [5.41, 5.74) is 3.97. The van der Waals surface area contributed by atoms with Crippen LogP contribution in [-0.4, -0.2) is 77.4 Å². The van der Waals surface area contributed by atoms with Crippen LogP contribution < -0.4 is 0 Å². The van der Waals surface area contributed by atoms with E-state index in [2.05, 4.69) is 26.7 Å². The molecule has 0 aliphatic carbocycles. The maximum absolute atomic E-state index is 10.3. The Hall–Kier alpha value is -2.38. The van der Waals surface area contributed by atoms with Crippen molar-refractivity contribution in [3.8, 4) is 11.5 Å². The zero-order chi connectivity index (χ0) is 20.8. The molecule has 2 aromatic carbocycles. The van der Waals surface area contributed by atoms with Gasteiger partial charge in [-0.25, -0.2) is 0 Å². The minimum atomic E-state index is 0.332. The third-order valence-electron chi connectivity index (χ3n) is 5.72. The summed E-state index contributed by atoms with van der Waals surface area (Å²) in [5, 5.41) is 20.5. The fraction of sp³-hybridized carbons (Fsp3) is 0.417. The molecule has 2 aliphatic heterocycles. The van der Waals surface area contributed by atoms with E-state index in [9.17, 15) is 10.2 Å². The first-order valence-electron chi connectivity index (χ1n) is 10.6. The predicted molar refractivity (Wildman–Crippen MR) is 118 cm³/mol. The second kappa shape index (κ2) is 10.1. The summed E-state index contributed by atoms with van der Waals surface area (Å²) < 4.78 is 9.78. The van der Waals surface area contributed by atoms with Gasteiger partial charge in [-0.15, -0.1) is 0 Å². The molecule has 2 heterocycles. The molecule has 0 saturated carbocycles. The fourth-order valence-corrected chi connectivity index (χ4v) is 3.91. The fourth-order valence-electron chi connectivity index (χ4n) is 3.91. The Kier molecular flexibility index (Phi) is 7.02. The number of benzene rings is 2. The van der Waals surface area contributed by atoms with Crippen molar-refractivity contribution >= 4 is 12.2 Å². The third kappa shape index (κ3) is 5.61. The van der Waals surface area contributed by atoms with Gasteiger partial charge in [0.25, 0.3) is 0 Å². The summed E-state index contributed by atoms with van der Waals surface area (Å²) in [6.45, 7) is 8.36. The van der Waals surface area contributed by atoms with Crippen LogP contribution in [0.5, 0.6) is 11.5 Å². The Bertz CT molecular complexity index is 800. The Morgan fingerprint density at radius 3 is 1.80 bits per heavy atom. The molecular formula is C24H31N2O4+. The highest BCUT2D eigenvalue weighted by atomic mass is 16.5. The van der Waals surface area contributed by atoms with Gasteiger partial charge in [0.2, 0.25) is 0 Å². The summed E-state index contributed by atoms with van der Waals surface area (Å²) in [5.74, 6) is 0.672. The lowest BCUT2D eigenvalue weighted by molar-refractivity contribution is -0.0923. The molecule has 160 valence electrons. The van der Waals surface area contributed by atoms with E-state index in [-0.39, 0.29) is 0 Å². The molecule has 0 spiro atoms. The smallest absolute Gasteiger partial charge is 0.157 e. The van der Waals surface area contributed by atoms with Crippen molar-refractivity contribution in [1.29, 1.82) is 0 Å². The lowest BCUT2D eigenvalue weighted by Gasteiger charge is -2.26. The second-order valence-corrected chi connectivity index (χ2v) is 7.95. The normalized spacial score (nSPS) is 18.8. The van der Waals surface area contributed by atoms with Gasteiger partial charge in [-0.05, 0) is 35.4 Å². The molecule has 0 bridgehead atoms. The minimum Gasteiger partial charge on any atom is -0.508 e. The molecule has 2 aliphatic rings. The first kappa shape index (κ1) is 20.9. The van der Waals surface area contributed by atoms with Crippen LogP contribution in [0.2, 0.25) is 0 Å². The number of phenols is 2. The number of aliphatic hydroxyl groups is 2. The van der Waals surface area contributed by atoms with E-state index in [0.29, 0.717) is 11.5 Å². The van der Waals surface area contributed by atoms with Crippen LogP contribution in [-0.2, 0) is 17.8 Å². The lowest BCUT2D eigenvalue weighted by Crippen LogP contribution is -2.37. The average molecular weight is 412 g/mol. The summed E-state index contributed by atoms with van der Waals surface area (Å²) in [6, 6.07) is 11.5. The van der Waals surface area contributed by atoms with Crippen molar-refractivity contribution in [3.05, 3.63) is 58.7 Å². The van der Waals surface area contributed by atoms with E-state index in [0.717, 1.165) is 87.9 Å². The molecule has 30 heavy (non-hydrogen) atoms. The van der Waals surface area contributed by atoms with Crippen molar-refractivity contribution in [2.45, 2.75) is 13.1 Å². The SMILES string of the molecule is Oc1ccc(/C=C/c2ccc(O)c(CN3CC[OH+]CC3)c2)cc1CN1CCOCC1. The van der Waals surface area contributed by atoms with Crippen molar-refractivity contribution in [1.82, 2.24) is 9.80 Å². The molecule has 2 fully saturated rings. The number of ether oxygens (including phenoxy) is 2. The van der Waals surface area contributed by atoms with Gasteiger partial charge >= 0.3 is 0 Å². The number of hydrogen-bond donors (Lipinski definition) is 2. The lowest BCUT2D eigenvalue weighted by atomic mass is 10.1. The van der Waals surface area contributed by atoms with Gasteiger partial charge in [-0.2, -0.15) is 0 Å². The summed E-state index contributed by atoms with van der Waals surface area (Å²) in [6.07, 6.45) is 4.11. The molecule has 0 atom stereocenters. The first-order chi connectivity index (χ1) is 14.7. The number of hydrogen-bond acceptors (Lipinski definition) is 5. The van der Waals surface area contributed by atoms with Crippen molar-refractivity contribution < 1.29 is 19.7 Å². The topological polar surface area (TPSA) is 69.0 Å². The predicted octanol–water partition coefficient (Wildman–Crippen LogP) is 2.44. The van der Waals surface area contributed by atoms with Crippen LogP contribution in [0.4, 0.5) is 0 Å². The highest BCUT2D eigenvalue weighted by molar-refractivity contribution is 5.71. The van der Waals surface area contributed by atoms with E-state index < -0.39 is 0 Å². The van der Waals surface area contributed by atoms with E-state index in [1.165, 1.54) is 0 Å². The maximum Gasteiger partial charge on any atom is 0.157 e. The number of phenolic OH excluding ortho intramolecular Hbond substituents is 2. The van der Waals surface area contributed by atoms with Gasteiger partial charge in [0.05, 0.1) is 26.3 Å². The Labute approximate surface area is 178 Å². The van der Waals surface area contributed by atoms with Gasteiger partial charge < -0.3 is 19.7 Å². The van der Waals surface area contributed by atoms with Crippen LogP contribution in [0.3, 0.4) is 0 Å². The summed E-state index contributed by atoms with van der Waals surface area (Å²) in [4.78, 5) is 4.62. The van der Waals surface area contributed by atoms with Crippen molar-refractivity contribution in [2.75, 3.05) is 52.6 Å². The number of aromatic hydroxyl groups is 2. The number of nitrogens with zero attached hydrogens (tertiary/aromatic N) is 2. The van der Waals surface area contributed by atoms with Gasteiger partial charge in [0.1, 0.15) is 11.5 Å². The largest absolute Gasteiger partial charge is 0.508 e. The molecule has 6 nitrogen and oxygen atoms in total. The van der Waals surface area contributed by atoms with Crippen molar-refractivity contribution in [2.24, 2.45) is 0 Å². The molecule has 0 radical (unpaired) electrons. The Balaban J connectivity index is 1.45. The first-order valence-corrected chi connectivity index (χ1v) is 10.6. The molecule has 2 aromatic rings. The van der Waals surface area contributed by atoms with Crippen LogP contribution in [0.15, 0.2) is 36.4 Å². The molecule has 6 heteroatoms. The molecule has 3 N–H and O–H groups in total. The van der Waals surface area contributed by atoms with E-state index in [1.54, 1.807) is 12.1 Å². The van der Waals surface area contributed by atoms with E-state index in [1.807, 2.05) is 24.3 Å². The Morgan fingerprint density at radius 2 is 1.27 bits per heavy atom. The van der Waals surface area contributed by atoms with Crippen LogP contribution >= 0.6 is 0 Å². The monoisotopic (exact) mass is 411 g/mol. The van der Waals surface area contributed by atoms with Gasteiger partial charge in [0, 0.05) is 37.3 Å². The highest BCUT2D eigenvalue weighted by Gasteiger charge is 2.16. The third-order valence-corrected chi connectivity index (χ3v) is 5.72. The second-order valence-electron chi connectivity index (χ2n) is 7.95. The number of morpholine rings is 2. The maximum atomic E-state index is 10.3. The molecule has 4 rings (SSSR count). The average Bonchev–Trinajstić information content (AvgIpc) is 2.78. The molecular weight excluding hydrogens is 380 g/mol. The zero-order valence-electron chi connectivity index (χ0n) is 17.3. The highest BCUT2D eigenvalue weighted by Crippen LogP contribution is 2.24. The van der Waals surface area contributed by atoms with Gasteiger partial charge in [0.15, 0.2) is 13.2 Å². The molecule has 2 saturated heterocycles. The standard InChI is InChI=1S/C24H30N2O4/c27-23-5-3-19(15-21(23)17-25-7-11-29-12-8-25)1-2-20-4-6-24(28)22(16-20)18-26-9-13-30-14-10-26/h1-6,15-16,27-28H,7-14,17-18H2/p+1/b2-1+. The molecule has 0 unspecified atom stereocenters.